The Kier molecular flexibility index (Phi) is 24.4. The maximum Gasteiger partial charge on any atom is 0.761 e. The normalized spacial score (nSPS) is 4.00. The van der Waals surface area contributed by atoms with Crippen LogP contribution in [0.5, 0.6) is 0 Å². The summed E-state index contributed by atoms with van der Waals surface area (Å²) >= 11 is 0. The van der Waals surface area contributed by atoms with Gasteiger partial charge in [0.1, 0.15) is 0 Å². The molecule has 0 bridgehead atoms. The summed E-state index contributed by atoms with van der Waals surface area (Å²) in [6.45, 7) is 0. The first kappa shape index (κ1) is 15.9. The minimum atomic E-state index is -3.13. The molecule has 0 fully saturated rings. The van der Waals surface area contributed by atoms with Gasteiger partial charge >= 0.3 is 9.17 Å². The number of rotatable bonds is 0. The van der Waals surface area contributed by atoms with Crippen LogP contribution in [0.4, 0.5) is 0 Å². The van der Waals surface area contributed by atoms with Crippen molar-refractivity contribution in [2.75, 3.05) is 0 Å². The molecule has 0 aliphatic rings. The quantitative estimate of drug-likeness (QED) is 0.451. The van der Waals surface area contributed by atoms with E-state index in [9.17, 15) is 0 Å². The van der Waals surface area contributed by atoms with Crippen molar-refractivity contribution < 1.29 is 48.2 Å². The van der Waals surface area contributed by atoms with Gasteiger partial charge in [-0.1, -0.05) is 0 Å². The Morgan fingerprint density at radius 2 is 1.17 bits per heavy atom. The van der Waals surface area contributed by atoms with E-state index < -0.39 is 9.17 Å². The molecule has 6 heavy (non-hydrogen) atoms. The predicted octanol–water partition coefficient (Wildman–Crippen LogP) is -1.62. The molecule has 0 aliphatic carbocycles. The van der Waals surface area contributed by atoms with Crippen LogP contribution in [0.15, 0.2) is 0 Å². The molecule has 0 rings (SSSR count). The van der Waals surface area contributed by atoms with Crippen molar-refractivity contribution in [3.05, 3.63) is 0 Å². The summed E-state index contributed by atoms with van der Waals surface area (Å²) in [5.41, 5.74) is 0. The summed E-state index contributed by atoms with van der Waals surface area (Å²) in [4.78, 5) is 14.3. The molecule has 0 saturated heterocycles. The van der Waals surface area contributed by atoms with E-state index in [4.69, 9.17) is 14.1 Å². The average Bonchev–Trinajstić information content (AvgIpc) is 0.811. The van der Waals surface area contributed by atoms with Gasteiger partial charge in [-0.25, -0.2) is 0 Å². The van der Waals surface area contributed by atoms with E-state index in [1.54, 1.807) is 0 Å². The Balaban J connectivity index is -0.0000000450. The monoisotopic (exact) mass is 190 g/mol. The van der Waals surface area contributed by atoms with Crippen LogP contribution in [0, 0.1) is 0 Å². The SMILES string of the molecule is O=[Si](O)O.[Fe].[Fe]. The third-order valence-electron chi connectivity index (χ3n) is 0. The minimum Gasteiger partial charge on any atom is -0.511 e. The Labute approximate surface area is 57.6 Å². The van der Waals surface area contributed by atoms with Crippen LogP contribution in [0.25, 0.3) is 0 Å². The van der Waals surface area contributed by atoms with Gasteiger partial charge < -0.3 is 9.59 Å². The van der Waals surface area contributed by atoms with Gasteiger partial charge in [0.25, 0.3) is 0 Å². The second-order valence-electron chi connectivity index (χ2n) is 0.283. The second kappa shape index (κ2) is 9.17. The molecule has 0 aromatic rings. The fraction of sp³-hybridized carbons (Fsp3) is 0. The van der Waals surface area contributed by atoms with Crippen LogP contribution >= 0.6 is 0 Å². The maximum atomic E-state index is 8.74. The molecule has 6 heteroatoms. The Hall–Kier alpha value is 0.656. The molecule has 0 aromatic carbocycles. The summed E-state index contributed by atoms with van der Waals surface area (Å²) in [6.07, 6.45) is 0. The van der Waals surface area contributed by atoms with E-state index in [1.807, 2.05) is 0 Å². The van der Waals surface area contributed by atoms with E-state index in [0.717, 1.165) is 0 Å². The molecule has 0 amide bonds. The fourth-order valence-corrected chi connectivity index (χ4v) is 0. The molecule has 0 spiro atoms. The van der Waals surface area contributed by atoms with Crippen LogP contribution in [0.1, 0.15) is 0 Å². The topological polar surface area (TPSA) is 57.5 Å². The smallest absolute Gasteiger partial charge is 0.511 e. The zero-order valence-corrected chi connectivity index (χ0v) is 5.72. The summed E-state index contributed by atoms with van der Waals surface area (Å²) in [7, 11) is -3.13. The van der Waals surface area contributed by atoms with E-state index in [2.05, 4.69) is 0 Å². The van der Waals surface area contributed by atoms with Gasteiger partial charge in [0.15, 0.2) is 0 Å². The molecule has 0 aliphatic heterocycles. The molecule has 0 saturated carbocycles. The van der Waals surface area contributed by atoms with Crippen molar-refractivity contribution in [3.8, 4) is 0 Å². The Morgan fingerprint density at radius 1 is 1.17 bits per heavy atom. The Bertz CT molecular complexity index is 31.8. The first-order valence-corrected chi connectivity index (χ1v) is 1.95. The molecule has 3 nitrogen and oxygen atoms in total. The molecule has 0 unspecified atom stereocenters. The van der Waals surface area contributed by atoms with Gasteiger partial charge in [-0.2, -0.15) is 0 Å². The first-order valence-electron chi connectivity index (χ1n) is 0.651. The molecular weight excluding hydrogens is 188 g/mol. The van der Waals surface area contributed by atoms with Crippen LogP contribution in [0.3, 0.4) is 0 Å². The molecule has 0 heterocycles. The van der Waals surface area contributed by atoms with Gasteiger partial charge in [-0.15, -0.1) is 0 Å². The van der Waals surface area contributed by atoms with Crippen molar-refractivity contribution in [3.63, 3.8) is 0 Å². The number of hydrogen-bond acceptors (Lipinski definition) is 1. The molecule has 0 aromatic heterocycles. The van der Waals surface area contributed by atoms with Crippen LogP contribution in [-0.2, 0) is 38.6 Å². The second-order valence-corrected chi connectivity index (χ2v) is 0.848. The standard InChI is InChI=1S/2Fe.H2O3Si/c;;1-4(2)3/h;;1-2H. The van der Waals surface area contributed by atoms with E-state index in [1.165, 1.54) is 0 Å². The van der Waals surface area contributed by atoms with E-state index >= 15 is 0 Å². The average molecular weight is 190 g/mol. The van der Waals surface area contributed by atoms with Gasteiger partial charge in [0, 0.05) is 34.1 Å². The Morgan fingerprint density at radius 3 is 1.17 bits per heavy atom. The largest absolute Gasteiger partial charge is 0.761 e. The van der Waals surface area contributed by atoms with Gasteiger partial charge in [-0.3, -0.25) is 4.46 Å². The maximum absolute atomic E-state index is 8.74. The first-order chi connectivity index (χ1) is 1.73. The fourth-order valence-electron chi connectivity index (χ4n) is 0. The van der Waals surface area contributed by atoms with E-state index in [0.29, 0.717) is 0 Å². The van der Waals surface area contributed by atoms with Crippen LogP contribution in [0.2, 0.25) is 0 Å². The third kappa shape index (κ3) is 145. The van der Waals surface area contributed by atoms with E-state index in [-0.39, 0.29) is 34.1 Å². The van der Waals surface area contributed by atoms with Gasteiger partial charge in [0.05, 0.1) is 0 Å². The molecule has 2 N–H and O–H groups in total. The van der Waals surface area contributed by atoms with Crippen molar-refractivity contribution in [2.45, 2.75) is 0 Å². The number of hydrogen-bond donors (Lipinski definition) is 2. The predicted molar refractivity (Wildman–Crippen MR) is 10.9 cm³/mol. The van der Waals surface area contributed by atoms with Crippen molar-refractivity contribution in [2.24, 2.45) is 0 Å². The molecule has 0 radical (unpaired) electrons. The summed E-state index contributed by atoms with van der Waals surface area (Å²) in [6, 6.07) is 0. The third-order valence-corrected chi connectivity index (χ3v) is 0. The summed E-state index contributed by atoms with van der Waals surface area (Å²) < 4.78 is 8.74. The molecule has 0 atom stereocenters. The van der Waals surface area contributed by atoms with Crippen molar-refractivity contribution in [1.29, 1.82) is 0 Å². The van der Waals surface area contributed by atoms with Gasteiger partial charge in [0.2, 0.25) is 0 Å². The van der Waals surface area contributed by atoms with Crippen LogP contribution < -0.4 is 0 Å². The summed E-state index contributed by atoms with van der Waals surface area (Å²) in [5.74, 6) is 0. The minimum absolute atomic E-state index is 0. The van der Waals surface area contributed by atoms with Crippen molar-refractivity contribution >= 4 is 9.17 Å². The molecular formula is H2Fe2O3Si. The molecule has 40 valence electrons. The zero-order valence-electron chi connectivity index (χ0n) is 2.51. The zero-order chi connectivity index (χ0) is 3.58. The summed E-state index contributed by atoms with van der Waals surface area (Å²) in [5, 5.41) is 0. The van der Waals surface area contributed by atoms with Crippen LogP contribution in [-0.4, -0.2) is 18.8 Å². The van der Waals surface area contributed by atoms with Gasteiger partial charge in [-0.05, 0) is 0 Å². The van der Waals surface area contributed by atoms with Crippen molar-refractivity contribution in [1.82, 2.24) is 0 Å².